The van der Waals surface area contributed by atoms with Gasteiger partial charge in [0.1, 0.15) is 11.7 Å². The lowest BCUT2D eigenvalue weighted by atomic mass is 10.2. The number of hydrogen-bond acceptors (Lipinski definition) is 2. The van der Waals surface area contributed by atoms with Crippen molar-refractivity contribution in [3.63, 3.8) is 0 Å². The summed E-state index contributed by atoms with van der Waals surface area (Å²) in [6.45, 7) is 0. The van der Waals surface area contributed by atoms with Crippen molar-refractivity contribution < 1.29 is 4.39 Å². The van der Waals surface area contributed by atoms with Crippen LogP contribution in [0.15, 0.2) is 56.7 Å². The van der Waals surface area contributed by atoms with Gasteiger partial charge in [-0.05, 0) is 46.3 Å². The first-order valence-electron chi connectivity index (χ1n) is 5.13. The number of nitrogens with two attached hydrogens (primary N) is 1. The topological polar surface area (TPSA) is 49.9 Å². The number of halogens is 2. The van der Waals surface area contributed by atoms with Gasteiger partial charge in [0.15, 0.2) is 0 Å². The fourth-order valence-corrected chi connectivity index (χ4v) is 2.89. The van der Waals surface area contributed by atoms with Gasteiger partial charge in [0.05, 0.1) is 0 Å². The minimum Gasteiger partial charge on any atom is -0.384 e. The van der Waals surface area contributed by atoms with Crippen molar-refractivity contribution in [3.05, 3.63) is 58.3 Å². The summed E-state index contributed by atoms with van der Waals surface area (Å²) in [6.07, 6.45) is 0. The van der Waals surface area contributed by atoms with Gasteiger partial charge in [-0.15, -0.1) is 0 Å². The van der Waals surface area contributed by atoms with Crippen molar-refractivity contribution in [1.29, 1.82) is 5.41 Å². The van der Waals surface area contributed by atoms with Crippen LogP contribution >= 0.6 is 27.7 Å². The van der Waals surface area contributed by atoms with Gasteiger partial charge in [-0.3, -0.25) is 5.41 Å². The molecule has 0 amide bonds. The molecule has 0 aliphatic rings. The maximum absolute atomic E-state index is 13.1. The molecule has 2 rings (SSSR count). The van der Waals surface area contributed by atoms with Gasteiger partial charge in [-0.1, -0.05) is 23.9 Å². The minimum atomic E-state index is -0.253. The summed E-state index contributed by atoms with van der Waals surface area (Å²) in [5.41, 5.74) is 6.07. The van der Waals surface area contributed by atoms with Crippen LogP contribution in [-0.4, -0.2) is 5.84 Å². The molecule has 0 aromatic heterocycles. The Hall–Kier alpha value is -1.33. The van der Waals surface area contributed by atoms with E-state index in [2.05, 4.69) is 15.9 Å². The summed E-state index contributed by atoms with van der Waals surface area (Å²) < 4.78 is 13.9. The van der Waals surface area contributed by atoms with E-state index in [9.17, 15) is 4.39 Å². The predicted molar refractivity (Wildman–Crippen MR) is 75.7 cm³/mol. The molecule has 92 valence electrons. The van der Waals surface area contributed by atoms with Crippen LogP contribution in [-0.2, 0) is 0 Å². The number of rotatable bonds is 3. The molecule has 0 radical (unpaired) electrons. The van der Waals surface area contributed by atoms with Crippen LogP contribution in [0.4, 0.5) is 4.39 Å². The molecule has 0 saturated heterocycles. The summed E-state index contributed by atoms with van der Waals surface area (Å²) in [5.74, 6) is -0.227. The zero-order chi connectivity index (χ0) is 13.1. The van der Waals surface area contributed by atoms with Gasteiger partial charge < -0.3 is 5.73 Å². The van der Waals surface area contributed by atoms with Gasteiger partial charge in [-0.2, -0.15) is 0 Å². The molecule has 0 saturated carbocycles. The number of nitrogen functional groups attached to an aromatic ring is 1. The van der Waals surface area contributed by atoms with Gasteiger partial charge in [-0.25, -0.2) is 4.39 Å². The zero-order valence-corrected chi connectivity index (χ0v) is 11.7. The Morgan fingerprint density at radius 3 is 2.61 bits per heavy atom. The molecule has 0 atom stereocenters. The van der Waals surface area contributed by atoms with Crippen molar-refractivity contribution in [2.45, 2.75) is 9.79 Å². The van der Waals surface area contributed by atoms with E-state index >= 15 is 0 Å². The smallest absolute Gasteiger partial charge is 0.124 e. The Labute approximate surface area is 117 Å². The molecule has 5 heteroatoms. The number of amidine groups is 1. The Balaban J connectivity index is 2.27. The van der Waals surface area contributed by atoms with Crippen molar-refractivity contribution in [2.24, 2.45) is 5.73 Å². The van der Waals surface area contributed by atoms with E-state index in [0.29, 0.717) is 5.56 Å². The van der Waals surface area contributed by atoms with E-state index < -0.39 is 0 Å². The number of benzene rings is 2. The second-order valence-electron chi connectivity index (χ2n) is 3.62. The Morgan fingerprint density at radius 1 is 1.22 bits per heavy atom. The van der Waals surface area contributed by atoms with E-state index in [1.807, 2.05) is 12.1 Å². The van der Waals surface area contributed by atoms with Crippen LogP contribution in [0, 0.1) is 11.2 Å². The molecular formula is C13H10BrFN2S. The number of nitrogens with one attached hydrogen (secondary N) is 1. The Kier molecular flexibility index (Phi) is 4.04. The van der Waals surface area contributed by atoms with Crippen LogP contribution in [0.25, 0.3) is 0 Å². The fourth-order valence-electron chi connectivity index (χ4n) is 1.41. The van der Waals surface area contributed by atoms with Crippen LogP contribution < -0.4 is 5.73 Å². The lowest BCUT2D eigenvalue weighted by molar-refractivity contribution is 0.624. The average molecular weight is 325 g/mol. The van der Waals surface area contributed by atoms with Gasteiger partial charge >= 0.3 is 0 Å². The van der Waals surface area contributed by atoms with Crippen LogP contribution in [0.3, 0.4) is 0 Å². The summed E-state index contributed by atoms with van der Waals surface area (Å²) >= 11 is 4.88. The Morgan fingerprint density at radius 2 is 2.00 bits per heavy atom. The molecule has 2 aromatic rings. The molecule has 0 aliphatic carbocycles. The van der Waals surface area contributed by atoms with Crippen LogP contribution in [0.5, 0.6) is 0 Å². The highest BCUT2D eigenvalue weighted by Gasteiger charge is 2.05. The molecule has 0 unspecified atom stereocenters. The van der Waals surface area contributed by atoms with Crippen molar-refractivity contribution in [3.8, 4) is 0 Å². The molecule has 0 spiro atoms. The largest absolute Gasteiger partial charge is 0.384 e. The van der Waals surface area contributed by atoms with Crippen molar-refractivity contribution >= 4 is 33.5 Å². The molecular weight excluding hydrogens is 315 g/mol. The van der Waals surface area contributed by atoms with Crippen LogP contribution in [0.1, 0.15) is 5.56 Å². The normalized spacial score (nSPS) is 10.3. The molecule has 0 heterocycles. The molecule has 2 aromatic carbocycles. The summed E-state index contributed by atoms with van der Waals surface area (Å²) in [4.78, 5) is 1.77. The highest BCUT2D eigenvalue weighted by atomic mass is 79.9. The molecule has 18 heavy (non-hydrogen) atoms. The van der Waals surface area contributed by atoms with Gasteiger partial charge in [0.25, 0.3) is 0 Å². The maximum Gasteiger partial charge on any atom is 0.124 e. The van der Waals surface area contributed by atoms with E-state index in [1.165, 1.54) is 23.9 Å². The summed E-state index contributed by atoms with van der Waals surface area (Å²) in [5, 5.41) is 7.35. The monoisotopic (exact) mass is 324 g/mol. The van der Waals surface area contributed by atoms with Gasteiger partial charge in [0, 0.05) is 19.8 Å². The second kappa shape index (κ2) is 5.54. The molecule has 0 aliphatic heterocycles. The van der Waals surface area contributed by atoms with Crippen LogP contribution in [0.2, 0.25) is 0 Å². The third-order valence-electron chi connectivity index (χ3n) is 2.27. The van der Waals surface area contributed by atoms with Crippen molar-refractivity contribution in [1.82, 2.24) is 0 Å². The molecule has 0 fully saturated rings. The Bertz CT molecular complexity index is 601. The molecule has 0 bridgehead atoms. The lowest BCUT2D eigenvalue weighted by Gasteiger charge is -2.06. The first-order valence-corrected chi connectivity index (χ1v) is 6.74. The SMILES string of the molecule is N=C(N)c1ccc(Sc2cccc(F)c2)c(Br)c1. The molecule has 3 N–H and O–H groups in total. The first-order chi connectivity index (χ1) is 8.56. The average Bonchev–Trinajstić information content (AvgIpc) is 2.31. The zero-order valence-electron chi connectivity index (χ0n) is 9.28. The van der Waals surface area contributed by atoms with E-state index in [-0.39, 0.29) is 11.7 Å². The van der Waals surface area contributed by atoms with E-state index in [1.54, 1.807) is 18.2 Å². The van der Waals surface area contributed by atoms with Gasteiger partial charge in [0.2, 0.25) is 0 Å². The number of hydrogen-bond donors (Lipinski definition) is 2. The summed E-state index contributed by atoms with van der Waals surface area (Å²) in [7, 11) is 0. The van der Waals surface area contributed by atoms with E-state index in [0.717, 1.165) is 14.3 Å². The second-order valence-corrected chi connectivity index (χ2v) is 5.59. The molecule has 2 nitrogen and oxygen atoms in total. The van der Waals surface area contributed by atoms with Crippen molar-refractivity contribution in [2.75, 3.05) is 0 Å². The summed E-state index contributed by atoms with van der Waals surface area (Å²) in [6, 6.07) is 11.8. The first kappa shape index (κ1) is 13.1. The predicted octanol–water partition coefficient (Wildman–Crippen LogP) is 4.02. The van der Waals surface area contributed by atoms with E-state index in [4.69, 9.17) is 11.1 Å². The highest BCUT2D eigenvalue weighted by Crippen LogP contribution is 2.34. The quantitative estimate of drug-likeness (QED) is 0.661. The fraction of sp³-hybridized carbons (Fsp3) is 0. The highest BCUT2D eigenvalue weighted by molar-refractivity contribution is 9.10. The minimum absolute atomic E-state index is 0.0259. The maximum atomic E-state index is 13.1. The third-order valence-corrected chi connectivity index (χ3v) is 4.25. The lowest BCUT2D eigenvalue weighted by Crippen LogP contribution is -2.10. The standard InChI is InChI=1S/C13H10BrFN2S/c14-11-6-8(13(16)17)4-5-12(11)18-10-3-1-2-9(15)7-10/h1-7H,(H3,16,17). The third kappa shape index (κ3) is 3.11.